The smallest absolute Gasteiger partial charge is 0.0947 e. The molecule has 1 unspecified atom stereocenters. The lowest BCUT2D eigenvalue weighted by Crippen LogP contribution is -2.29. The highest BCUT2D eigenvalue weighted by molar-refractivity contribution is 7.09. The van der Waals surface area contributed by atoms with Crippen molar-refractivity contribution in [3.05, 3.63) is 51.5 Å². The lowest BCUT2D eigenvalue weighted by Gasteiger charge is -2.21. The summed E-state index contributed by atoms with van der Waals surface area (Å²) in [5.74, 6) is 5.71. The van der Waals surface area contributed by atoms with Crippen molar-refractivity contribution in [2.45, 2.75) is 45.6 Å². The van der Waals surface area contributed by atoms with Gasteiger partial charge in [0.2, 0.25) is 0 Å². The van der Waals surface area contributed by atoms with Crippen molar-refractivity contribution in [2.24, 2.45) is 5.84 Å². The number of thiazole rings is 1. The number of nitrogens with one attached hydrogen (secondary N) is 1. The first kappa shape index (κ1) is 15.2. The van der Waals surface area contributed by atoms with E-state index in [0.717, 1.165) is 17.1 Å². The molecule has 0 fully saturated rings. The molecule has 0 aliphatic heterocycles. The monoisotopic (exact) mass is 289 g/mol. The second-order valence-electron chi connectivity index (χ2n) is 6.18. The Bertz CT molecular complexity index is 552. The molecule has 2 aromatic rings. The van der Waals surface area contributed by atoms with Crippen LogP contribution in [0.1, 0.15) is 48.6 Å². The van der Waals surface area contributed by atoms with E-state index in [4.69, 9.17) is 5.84 Å². The van der Waals surface area contributed by atoms with Crippen LogP contribution in [-0.4, -0.2) is 4.98 Å². The molecule has 1 heterocycles. The Morgan fingerprint density at radius 3 is 2.35 bits per heavy atom. The van der Waals surface area contributed by atoms with E-state index in [0.29, 0.717) is 0 Å². The number of aromatic nitrogens is 1. The molecule has 3 nitrogen and oxygen atoms in total. The molecular weight excluding hydrogens is 266 g/mol. The van der Waals surface area contributed by atoms with Crippen LogP contribution in [0.5, 0.6) is 0 Å². The zero-order chi connectivity index (χ0) is 14.8. The fourth-order valence-corrected chi connectivity index (χ4v) is 2.98. The summed E-state index contributed by atoms with van der Waals surface area (Å²) < 4.78 is 0. The van der Waals surface area contributed by atoms with Crippen molar-refractivity contribution in [1.29, 1.82) is 0 Å². The summed E-state index contributed by atoms with van der Waals surface area (Å²) in [6, 6.07) is 8.80. The van der Waals surface area contributed by atoms with Gasteiger partial charge >= 0.3 is 0 Å². The highest BCUT2D eigenvalue weighted by Crippen LogP contribution is 2.25. The molecule has 0 saturated heterocycles. The Morgan fingerprint density at radius 2 is 1.90 bits per heavy atom. The predicted molar refractivity (Wildman–Crippen MR) is 85.8 cm³/mol. The number of hydrazine groups is 1. The molecule has 0 bridgehead atoms. The first-order valence-corrected chi connectivity index (χ1v) is 7.75. The van der Waals surface area contributed by atoms with Crippen molar-refractivity contribution in [3.63, 3.8) is 0 Å². The van der Waals surface area contributed by atoms with E-state index in [2.05, 4.69) is 60.8 Å². The summed E-state index contributed by atoms with van der Waals surface area (Å²) in [5.41, 5.74) is 6.69. The van der Waals surface area contributed by atoms with Crippen LogP contribution in [0, 0.1) is 6.92 Å². The maximum atomic E-state index is 5.71. The molecule has 1 atom stereocenters. The third-order valence-corrected chi connectivity index (χ3v) is 4.41. The molecule has 3 N–H and O–H groups in total. The molecule has 2 rings (SSSR count). The van der Waals surface area contributed by atoms with Crippen molar-refractivity contribution < 1.29 is 0 Å². The Balaban J connectivity index is 2.15. The molecule has 0 saturated carbocycles. The van der Waals surface area contributed by atoms with Crippen LogP contribution in [-0.2, 0) is 11.8 Å². The first-order chi connectivity index (χ1) is 9.40. The lowest BCUT2D eigenvalue weighted by atomic mass is 9.86. The van der Waals surface area contributed by atoms with E-state index in [1.54, 1.807) is 11.3 Å². The zero-order valence-electron chi connectivity index (χ0n) is 12.6. The van der Waals surface area contributed by atoms with Gasteiger partial charge in [-0.15, -0.1) is 11.3 Å². The summed E-state index contributed by atoms with van der Waals surface area (Å²) >= 11 is 1.69. The Labute approximate surface area is 125 Å². The predicted octanol–water partition coefficient (Wildman–Crippen LogP) is 3.50. The minimum Gasteiger partial charge on any atom is -0.271 e. The van der Waals surface area contributed by atoms with Crippen LogP contribution in [0.15, 0.2) is 29.6 Å². The lowest BCUT2D eigenvalue weighted by molar-refractivity contribution is 0.548. The van der Waals surface area contributed by atoms with Gasteiger partial charge in [0.1, 0.15) is 0 Å². The van der Waals surface area contributed by atoms with E-state index in [-0.39, 0.29) is 11.5 Å². The van der Waals surface area contributed by atoms with Gasteiger partial charge in [-0.1, -0.05) is 45.0 Å². The van der Waals surface area contributed by atoms with Crippen molar-refractivity contribution >= 4 is 11.3 Å². The fourth-order valence-electron chi connectivity index (χ4n) is 2.16. The second kappa shape index (κ2) is 6.04. The maximum absolute atomic E-state index is 5.71. The minimum atomic E-state index is 0.106. The topological polar surface area (TPSA) is 50.9 Å². The Kier molecular flexibility index (Phi) is 4.58. The number of benzene rings is 1. The molecule has 20 heavy (non-hydrogen) atoms. The van der Waals surface area contributed by atoms with E-state index in [9.17, 15) is 0 Å². The normalized spacial score (nSPS) is 13.4. The summed E-state index contributed by atoms with van der Waals surface area (Å²) in [4.78, 5) is 4.50. The number of nitrogens with two attached hydrogens (primary N) is 1. The average molecular weight is 289 g/mol. The molecule has 1 aromatic heterocycles. The zero-order valence-corrected chi connectivity index (χ0v) is 13.4. The van der Waals surface area contributed by atoms with Gasteiger partial charge in [-0.05, 0) is 23.5 Å². The highest BCUT2D eigenvalue weighted by Gasteiger charge is 2.16. The Hall–Kier alpha value is -1.23. The average Bonchev–Trinajstić information content (AvgIpc) is 2.81. The van der Waals surface area contributed by atoms with Gasteiger partial charge in [0.15, 0.2) is 0 Å². The second-order valence-corrected chi connectivity index (χ2v) is 7.12. The summed E-state index contributed by atoms with van der Waals surface area (Å²) in [6.07, 6.45) is 0.823. The van der Waals surface area contributed by atoms with E-state index >= 15 is 0 Å². The first-order valence-electron chi connectivity index (χ1n) is 6.87. The maximum Gasteiger partial charge on any atom is 0.0947 e. The van der Waals surface area contributed by atoms with Gasteiger partial charge in [-0.25, -0.2) is 4.98 Å². The summed E-state index contributed by atoms with van der Waals surface area (Å²) in [7, 11) is 0. The molecule has 4 heteroatoms. The summed E-state index contributed by atoms with van der Waals surface area (Å²) in [6.45, 7) is 8.68. The number of rotatable bonds is 4. The van der Waals surface area contributed by atoms with Crippen LogP contribution in [0.25, 0.3) is 0 Å². The summed E-state index contributed by atoms with van der Waals surface area (Å²) in [5, 5.41) is 3.19. The van der Waals surface area contributed by atoms with E-state index in [1.165, 1.54) is 11.1 Å². The number of hydrogen-bond acceptors (Lipinski definition) is 4. The molecule has 0 radical (unpaired) electrons. The molecule has 0 spiro atoms. The van der Waals surface area contributed by atoms with Crippen LogP contribution in [0.4, 0.5) is 0 Å². The number of aryl methyl sites for hydroxylation is 1. The third-order valence-electron chi connectivity index (χ3n) is 3.43. The molecule has 0 aliphatic carbocycles. The van der Waals surface area contributed by atoms with Crippen molar-refractivity contribution in [2.75, 3.05) is 0 Å². The van der Waals surface area contributed by atoms with Gasteiger partial charge in [-0.2, -0.15) is 0 Å². The van der Waals surface area contributed by atoms with Gasteiger partial charge in [0, 0.05) is 17.5 Å². The number of hydrogen-bond donors (Lipinski definition) is 2. The quantitative estimate of drug-likeness (QED) is 0.669. The van der Waals surface area contributed by atoms with Gasteiger partial charge in [0.05, 0.1) is 11.0 Å². The largest absolute Gasteiger partial charge is 0.271 e. The van der Waals surface area contributed by atoms with Crippen molar-refractivity contribution in [3.8, 4) is 0 Å². The third kappa shape index (κ3) is 3.66. The van der Waals surface area contributed by atoms with Crippen LogP contribution >= 0.6 is 11.3 Å². The van der Waals surface area contributed by atoms with Crippen molar-refractivity contribution in [1.82, 2.24) is 10.4 Å². The fraction of sp³-hybridized carbons (Fsp3) is 0.438. The van der Waals surface area contributed by atoms with Gasteiger partial charge in [-0.3, -0.25) is 11.3 Å². The van der Waals surface area contributed by atoms with Crippen LogP contribution in [0.2, 0.25) is 0 Å². The van der Waals surface area contributed by atoms with E-state index < -0.39 is 0 Å². The van der Waals surface area contributed by atoms with Gasteiger partial charge < -0.3 is 0 Å². The van der Waals surface area contributed by atoms with Crippen LogP contribution in [0.3, 0.4) is 0 Å². The minimum absolute atomic E-state index is 0.106. The van der Waals surface area contributed by atoms with Crippen LogP contribution < -0.4 is 11.3 Å². The molecular formula is C16H23N3S. The molecule has 108 valence electrons. The molecule has 0 aliphatic rings. The SMILES string of the molecule is Cc1csc(CC(NN)c2ccc(C(C)(C)C)cc2)n1. The molecule has 1 aromatic carbocycles. The highest BCUT2D eigenvalue weighted by atomic mass is 32.1. The number of nitrogens with zero attached hydrogens (tertiary/aromatic N) is 1. The standard InChI is InChI=1S/C16H23N3S/c1-11-10-20-15(18-11)9-14(19-17)12-5-7-13(8-6-12)16(2,3)4/h5-8,10,14,19H,9,17H2,1-4H3. The van der Waals surface area contributed by atoms with E-state index in [1.807, 2.05) is 6.92 Å². The Morgan fingerprint density at radius 1 is 1.25 bits per heavy atom. The van der Waals surface area contributed by atoms with Gasteiger partial charge in [0.25, 0.3) is 0 Å². The molecule has 0 amide bonds.